The standard InChI is InChI=1S/C13H19N5.C9H12/c14-9-11-1-2-12-16-10-13(18(12)6-3-11)17-7-4-15-5-8-17;1-7-4-5-8(2)9(3)6-7/h1-3,6,10-11,15H,4-5,7-9,14H2;4-6H,1-3H3. The first kappa shape index (κ1) is 19.4. The van der Waals surface area contributed by atoms with Crippen LogP contribution in [0.2, 0.25) is 0 Å². The summed E-state index contributed by atoms with van der Waals surface area (Å²) >= 11 is 0. The zero-order chi connectivity index (χ0) is 19.2. The molecular weight excluding hydrogens is 334 g/mol. The zero-order valence-corrected chi connectivity index (χ0v) is 16.7. The number of fused-ring (bicyclic) bond motifs is 1. The lowest BCUT2D eigenvalue weighted by molar-refractivity contribution is 0.583. The fraction of sp³-hybridized carbons (Fsp3) is 0.409. The number of aromatic nitrogens is 2. The summed E-state index contributed by atoms with van der Waals surface area (Å²) in [5, 5.41) is 3.37. The minimum absolute atomic E-state index is 0.308. The second-order valence-corrected chi connectivity index (χ2v) is 7.27. The van der Waals surface area contributed by atoms with Crippen LogP contribution >= 0.6 is 0 Å². The summed E-state index contributed by atoms with van der Waals surface area (Å²) in [6.45, 7) is 11.2. The third-order valence-electron chi connectivity index (χ3n) is 5.16. The minimum atomic E-state index is 0.308. The van der Waals surface area contributed by atoms with E-state index in [2.05, 4.69) is 83.2 Å². The number of piperazine rings is 1. The SMILES string of the molecule is Cc1ccc(C)c(C)c1.NCC1C=Cc2ncc(N3CCNCC3)n2C=C1. The number of hydrogen-bond acceptors (Lipinski definition) is 4. The maximum absolute atomic E-state index is 5.71. The Hall–Kier alpha value is -2.37. The van der Waals surface area contributed by atoms with Gasteiger partial charge in [-0.15, -0.1) is 0 Å². The predicted molar refractivity (Wildman–Crippen MR) is 115 cm³/mol. The van der Waals surface area contributed by atoms with E-state index in [1.54, 1.807) is 0 Å². The third-order valence-corrected chi connectivity index (χ3v) is 5.16. The van der Waals surface area contributed by atoms with Gasteiger partial charge in [0.05, 0.1) is 6.20 Å². The van der Waals surface area contributed by atoms with Gasteiger partial charge >= 0.3 is 0 Å². The number of nitrogens with two attached hydrogens (primary N) is 1. The van der Waals surface area contributed by atoms with Gasteiger partial charge in [-0.25, -0.2) is 4.98 Å². The molecule has 1 aromatic heterocycles. The molecule has 1 unspecified atom stereocenters. The summed E-state index contributed by atoms with van der Waals surface area (Å²) in [6.07, 6.45) is 10.4. The molecule has 0 spiro atoms. The molecule has 5 heteroatoms. The van der Waals surface area contributed by atoms with Crippen LogP contribution in [-0.2, 0) is 0 Å². The van der Waals surface area contributed by atoms with Crippen LogP contribution in [-0.4, -0.2) is 42.3 Å². The van der Waals surface area contributed by atoms with E-state index in [0.29, 0.717) is 12.5 Å². The zero-order valence-electron chi connectivity index (χ0n) is 16.7. The Labute approximate surface area is 162 Å². The second kappa shape index (κ2) is 9.02. The van der Waals surface area contributed by atoms with E-state index >= 15 is 0 Å². The molecule has 1 aromatic carbocycles. The summed E-state index contributed by atoms with van der Waals surface area (Å²) in [5.41, 5.74) is 9.81. The van der Waals surface area contributed by atoms with Gasteiger partial charge in [0.15, 0.2) is 0 Å². The second-order valence-electron chi connectivity index (χ2n) is 7.27. The van der Waals surface area contributed by atoms with Gasteiger partial charge in [-0.1, -0.05) is 35.9 Å². The molecule has 5 nitrogen and oxygen atoms in total. The van der Waals surface area contributed by atoms with Crippen LogP contribution in [0.3, 0.4) is 0 Å². The van der Waals surface area contributed by atoms with Crippen LogP contribution in [0.1, 0.15) is 22.5 Å². The lowest BCUT2D eigenvalue weighted by atomic mass is 10.1. The lowest BCUT2D eigenvalue weighted by Crippen LogP contribution is -2.44. The summed E-state index contributed by atoms with van der Waals surface area (Å²) in [4.78, 5) is 6.85. The van der Waals surface area contributed by atoms with Gasteiger partial charge in [-0.05, 0) is 38.0 Å². The molecule has 144 valence electrons. The lowest BCUT2D eigenvalue weighted by Gasteiger charge is -2.29. The van der Waals surface area contributed by atoms with Crippen molar-refractivity contribution in [3.05, 3.63) is 59.1 Å². The minimum Gasteiger partial charge on any atom is -0.354 e. The fourth-order valence-corrected chi connectivity index (χ4v) is 3.29. The molecule has 2 aliphatic heterocycles. The number of aryl methyl sites for hydroxylation is 3. The Bertz CT molecular complexity index is 812. The molecule has 0 saturated carbocycles. The predicted octanol–water partition coefficient (Wildman–Crippen LogP) is 2.98. The summed E-state index contributed by atoms with van der Waals surface area (Å²) in [6, 6.07) is 6.50. The Morgan fingerprint density at radius 1 is 1.11 bits per heavy atom. The van der Waals surface area contributed by atoms with Gasteiger partial charge in [-0.3, -0.25) is 4.57 Å². The van der Waals surface area contributed by atoms with E-state index in [1.807, 2.05) is 6.20 Å². The van der Waals surface area contributed by atoms with E-state index in [4.69, 9.17) is 5.73 Å². The molecule has 3 N–H and O–H groups in total. The van der Waals surface area contributed by atoms with Crippen LogP contribution < -0.4 is 16.0 Å². The van der Waals surface area contributed by atoms with Crippen LogP contribution in [0.4, 0.5) is 5.82 Å². The highest BCUT2D eigenvalue weighted by Gasteiger charge is 2.17. The monoisotopic (exact) mass is 365 g/mol. The molecule has 1 fully saturated rings. The first-order valence-corrected chi connectivity index (χ1v) is 9.72. The summed E-state index contributed by atoms with van der Waals surface area (Å²) < 4.78 is 2.15. The van der Waals surface area contributed by atoms with Gasteiger partial charge in [0.25, 0.3) is 0 Å². The van der Waals surface area contributed by atoms with Crippen molar-refractivity contribution in [3.8, 4) is 0 Å². The highest BCUT2D eigenvalue weighted by Crippen LogP contribution is 2.22. The Morgan fingerprint density at radius 3 is 2.56 bits per heavy atom. The number of imidazole rings is 1. The van der Waals surface area contributed by atoms with Gasteiger partial charge in [0.2, 0.25) is 0 Å². The Balaban J connectivity index is 0.000000197. The first-order chi connectivity index (χ1) is 13.1. The molecule has 2 aliphatic rings. The van der Waals surface area contributed by atoms with Gasteiger partial charge in [-0.2, -0.15) is 0 Å². The molecule has 0 bridgehead atoms. The fourth-order valence-electron chi connectivity index (χ4n) is 3.29. The van der Waals surface area contributed by atoms with Crippen LogP contribution in [0, 0.1) is 26.7 Å². The Morgan fingerprint density at radius 2 is 1.89 bits per heavy atom. The van der Waals surface area contributed by atoms with Crippen molar-refractivity contribution < 1.29 is 0 Å². The number of anilines is 1. The van der Waals surface area contributed by atoms with E-state index in [1.165, 1.54) is 22.5 Å². The van der Waals surface area contributed by atoms with Crippen molar-refractivity contribution in [2.45, 2.75) is 20.8 Å². The number of nitrogens with one attached hydrogen (secondary N) is 1. The van der Waals surface area contributed by atoms with Crippen LogP contribution in [0.25, 0.3) is 12.3 Å². The molecule has 1 atom stereocenters. The highest BCUT2D eigenvalue weighted by molar-refractivity contribution is 5.58. The largest absolute Gasteiger partial charge is 0.354 e. The van der Waals surface area contributed by atoms with E-state index in [9.17, 15) is 0 Å². The van der Waals surface area contributed by atoms with Crippen LogP contribution in [0.5, 0.6) is 0 Å². The van der Waals surface area contributed by atoms with E-state index in [-0.39, 0.29) is 0 Å². The smallest absolute Gasteiger partial charge is 0.138 e. The molecule has 1 saturated heterocycles. The molecule has 0 radical (unpaired) electrons. The molecule has 0 aliphatic carbocycles. The molecule has 4 rings (SSSR count). The molecule has 3 heterocycles. The number of hydrogen-bond donors (Lipinski definition) is 2. The summed E-state index contributed by atoms with van der Waals surface area (Å²) in [5.74, 6) is 2.46. The molecule has 27 heavy (non-hydrogen) atoms. The van der Waals surface area contributed by atoms with E-state index in [0.717, 1.165) is 32.0 Å². The normalized spacial score (nSPS) is 18.5. The van der Waals surface area contributed by atoms with Gasteiger partial charge in [0.1, 0.15) is 11.6 Å². The van der Waals surface area contributed by atoms with Crippen molar-refractivity contribution in [1.82, 2.24) is 14.9 Å². The van der Waals surface area contributed by atoms with E-state index < -0.39 is 0 Å². The quantitative estimate of drug-likeness (QED) is 0.859. The maximum Gasteiger partial charge on any atom is 0.138 e. The Kier molecular flexibility index (Phi) is 6.48. The van der Waals surface area contributed by atoms with Crippen molar-refractivity contribution in [1.29, 1.82) is 0 Å². The third kappa shape index (κ3) is 4.87. The number of rotatable bonds is 2. The number of nitrogens with zero attached hydrogens (tertiary/aromatic N) is 3. The molecule has 2 aromatic rings. The van der Waals surface area contributed by atoms with Crippen molar-refractivity contribution in [2.24, 2.45) is 11.7 Å². The number of benzene rings is 1. The summed E-state index contributed by atoms with van der Waals surface area (Å²) in [7, 11) is 0. The van der Waals surface area contributed by atoms with Gasteiger partial charge < -0.3 is 16.0 Å². The first-order valence-electron chi connectivity index (χ1n) is 9.72. The van der Waals surface area contributed by atoms with Crippen molar-refractivity contribution in [2.75, 3.05) is 37.6 Å². The average Bonchev–Trinajstić information content (AvgIpc) is 2.98. The maximum atomic E-state index is 5.71. The van der Waals surface area contributed by atoms with Crippen molar-refractivity contribution >= 4 is 18.1 Å². The highest BCUT2D eigenvalue weighted by atomic mass is 15.3. The van der Waals surface area contributed by atoms with Crippen LogP contribution in [0.15, 0.2) is 36.5 Å². The molecule has 0 amide bonds. The van der Waals surface area contributed by atoms with Crippen molar-refractivity contribution in [3.63, 3.8) is 0 Å². The van der Waals surface area contributed by atoms with Gasteiger partial charge in [0, 0.05) is 44.8 Å². The topological polar surface area (TPSA) is 59.1 Å². The average molecular weight is 366 g/mol. The molecular formula is C22H31N5.